The third-order valence-electron chi connectivity index (χ3n) is 3.38. The molecular weight excluding hydrogens is 226 g/mol. The Kier molecular flexibility index (Phi) is 3.52. The van der Waals surface area contributed by atoms with Gasteiger partial charge < -0.3 is 5.73 Å². The van der Waals surface area contributed by atoms with Crippen LogP contribution in [0, 0.1) is 13.8 Å². The molecule has 98 valence electrons. The van der Waals surface area contributed by atoms with E-state index in [0.717, 1.165) is 18.5 Å². The fourth-order valence-electron chi connectivity index (χ4n) is 2.33. The van der Waals surface area contributed by atoms with Gasteiger partial charge in [-0.15, -0.1) is 0 Å². The lowest BCUT2D eigenvalue weighted by molar-refractivity contribution is 0.658. The van der Waals surface area contributed by atoms with Crippen LogP contribution in [0.4, 0.5) is 0 Å². The molecule has 5 heteroatoms. The fourth-order valence-corrected chi connectivity index (χ4v) is 2.33. The molecule has 0 aliphatic rings. The first-order valence-electron chi connectivity index (χ1n) is 6.19. The van der Waals surface area contributed by atoms with E-state index in [1.807, 2.05) is 42.8 Å². The maximum atomic E-state index is 6.22. The van der Waals surface area contributed by atoms with Crippen LogP contribution in [0.15, 0.2) is 12.4 Å². The van der Waals surface area contributed by atoms with Crippen molar-refractivity contribution in [2.45, 2.75) is 32.7 Å². The molecule has 5 nitrogen and oxygen atoms in total. The molecule has 2 aromatic heterocycles. The summed E-state index contributed by atoms with van der Waals surface area (Å²) < 4.78 is 3.73. The average Bonchev–Trinajstić information content (AvgIpc) is 2.78. The van der Waals surface area contributed by atoms with Gasteiger partial charge in [0, 0.05) is 32.0 Å². The summed E-state index contributed by atoms with van der Waals surface area (Å²) in [6, 6.07) is 0.107. The molecular formula is C13H21N5. The highest BCUT2D eigenvalue weighted by molar-refractivity contribution is 5.25. The van der Waals surface area contributed by atoms with E-state index in [1.54, 1.807) is 0 Å². The molecule has 18 heavy (non-hydrogen) atoms. The zero-order valence-corrected chi connectivity index (χ0v) is 11.5. The Morgan fingerprint density at radius 3 is 2.50 bits per heavy atom. The van der Waals surface area contributed by atoms with Gasteiger partial charge in [-0.1, -0.05) is 0 Å². The Morgan fingerprint density at radius 2 is 2.00 bits per heavy atom. The molecule has 0 aromatic carbocycles. The van der Waals surface area contributed by atoms with E-state index in [-0.39, 0.29) is 6.04 Å². The topological polar surface area (TPSA) is 61.7 Å². The fraction of sp³-hybridized carbons (Fsp3) is 0.538. The van der Waals surface area contributed by atoms with Gasteiger partial charge in [0.1, 0.15) is 0 Å². The average molecular weight is 247 g/mol. The van der Waals surface area contributed by atoms with E-state index in [2.05, 4.69) is 17.1 Å². The van der Waals surface area contributed by atoms with Gasteiger partial charge in [-0.2, -0.15) is 10.2 Å². The van der Waals surface area contributed by atoms with Crippen LogP contribution >= 0.6 is 0 Å². The first-order valence-corrected chi connectivity index (χ1v) is 6.19. The molecule has 0 saturated carbocycles. The number of aryl methyl sites for hydroxylation is 3. The molecule has 0 saturated heterocycles. The Labute approximate surface area is 108 Å². The summed E-state index contributed by atoms with van der Waals surface area (Å²) in [5.41, 5.74) is 11.0. The minimum atomic E-state index is 0.107. The molecule has 0 aliphatic heterocycles. The summed E-state index contributed by atoms with van der Waals surface area (Å²) in [5.74, 6) is 0. The highest BCUT2D eigenvalue weighted by Crippen LogP contribution is 2.15. The molecule has 0 fully saturated rings. The van der Waals surface area contributed by atoms with E-state index in [0.29, 0.717) is 0 Å². The maximum absolute atomic E-state index is 6.22. The minimum Gasteiger partial charge on any atom is -0.327 e. The summed E-state index contributed by atoms with van der Waals surface area (Å²) in [7, 11) is 3.89. The molecule has 2 heterocycles. The van der Waals surface area contributed by atoms with Crippen LogP contribution in [-0.2, 0) is 26.9 Å². The zero-order valence-electron chi connectivity index (χ0n) is 11.5. The second-order valence-corrected chi connectivity index (χ2v) is 4.96. The van der Waals surface area contributed by atoms with E-state index in [4.69, 9.17) is 5.73 Å². The van der Waals surface area contributed by atoms with Gasteiger partial charge >= 0.3 is 0 Å². The Hall–Kier alpha value is -1.62. The monoisotopic (exact) mass is 247 g/mol. The van der Waals surface area contributed by atoms with E-state index in [1.165, 1.54) is 16.8 Å². The van der Waals surface area contributed by atoms with Gasteiger partial charge in [-0.05, 0) is 37.8 Å². The van der Waals surface area contributed by atoms with Crippen molar-refractivity contribution < 1.29 is 0 Å². The van der Waals surface area contributed by atoms with Crippen molar-refractivity contribution in [2.24, 2.45) is 19.8 Å². The molecule has 0 radical (unpaired) electrons. The lowest BCUT2D eigenvalue weighted by atomic mass is 10.0. The summed E-state index contributed by atoms with van der Waals surface area (Å²) in [6.07, 6.45) is 5.60. The molecule has 1 atom stereocenters. The van der Waals surface area contributed by atoms with Gasteiger partial charge in [0.05, 0.1) is 11.9 Å². The summed E-state index contributed by atoms with van der Waals surface area (Å²) in [5, 5.41) is 8.58. The summed E-state index contributed by atoms with van der Waals surface area (Å²) in [4.78, 5) is 0. The highest BCUT2D eigenvalue weighted by Gasteiger charge is 2.14. The van der Waals surface area contributed by atoms with Crippen LogP contribution < -0.4 is 5.73 Å². The minimum absolute atomic E-state index is 0.107. The Morgan fingerprint density at radius 1 is 1.28 bits per heavy atom. The Balaban J connectivity index is 2.05. The number of rotatable bonds is 4. The number of nitrogens with two attached hydrogens (primary N) is 1. The largest absolute Gasteiger partial charge is 0.327 e. The Bertz CT molecular complexity index is 538. The second-order valence-electron chi connectivity index (χ2n) is 4.96. The van der Waals surface area contributed by atoms with Crippen molar-refractivity contribution in [1.82, 2.24) is 19.6 Å². The van der Waals surface area contributed by atoms with Gasteiger partial charge in [0.2, 0.25) is 0 Å². The van der Waals surface area contributed by atoms with E-state index >= 15 is 0 Å². The number of hydrogen-bond donors (Lipinski definition) is 1. The summed E-state index contributed by atoms with van der Waals surface area (Å²) in [6.45, 7) is 4.13. The zero-order chi connectivity index (χ0) is 13.3. The molecule has 0 amide bonds. The van der Waals surface area contributed by atoms with Gasteiger partial charge in [0.15, 0.2) is 0 Å². The predicted octanol–water partition coefficient (Wildman–Crippen LogP) is 0.883. The van der Waals surface area contributed by atoms with Gasteiger partial charge in [-0.3, -0.25) is 9.36 Å². The number of aromatic nitrogens is 4. The number of hydrogen-bond acceptors (Lipinski definition) is 3. The first kappa shape index (κ1) is 12.8. The van der Waals surface area contributed by atoms with E-state index in [9.17, 15) is 0 Å². The third kappa shape index (κ3) is 2.61. The lowest BCUT2D eigenvalue weighted by Crippen LogP contribution is -2.26. The molecule has 0 aliphatic carbocycles. The summed E-state index contributed by atoms with van der Waals surface area (Å²) >= 11 is 0. The third-order valence-corrected chi connectivity index (χ3v) is 3.38. The van der Waals surface area contributed by atoms with Crippen molar-refractivity contribution >= 4 is 0 Å². The van der Waals surface area contributed by atoms with Crippen LogP contribution in [0.2, 0.25) is 0 Å². The maximum Gasteiger partial charge on any atom is 0.0628 e. The standard InChI is InChI=1S/C13H21N5/c1-9-13(10(2)18(4)16-9)6-12(14)5-11-7-15-17(3)8-11/h7-8,12H,5-6,14H2,1-4H3. The molecule has 2 N–H and O–H groups in total. The van der Waals surface area contributed by atoms with Crippen LogP contribution in [0.25, 0.3) is 0 Å². The SMILES string of the molecule is Cc1nn(C)c(C)c1CC(N)Cc1cnn(C)c1. The molecule has 2 rings (SSSR count). The highest BCUT2D eigenvalue weighted by atomic mass is 15.3. The normalized spacial score (nSPS) is 12.9. The lowest BCUT2D eigenvalue weighted by Gasteiger charge is -2.10. The van der Waals surface area contributed by atoms with E-state index < -0.39 is 0 Å². The molecule has 2 aromatic rings. The van der Waals surface area contributed by atoms with Crippen molar-refractivity contribution in [3.05, 3.63) is 34.9 Å². The van der Waals surface area contributed by atoms with Gasteiger partial charge in [0.25, 0.3) is 0 Å². The van der Waals surface area contributed by atoms with Crippen molar-refractivity contribution in [3.8, 4) is 0 Å². The predicted molar refractivity (Wildman–Crippen MR) is 71.3 cm³/mol. The van der Waals surface area contributed by atoms with Crippen LogP contribution in [0.3, 0.4) is 0 Å². The van der Waals surface area contributed by atoms with Crippen molar-refractivity contribution in [2.75, 3.05) is 0 Å². The quantitative estimate of drug-likeness (QED) is 0.872. The van der Waals surface area contributed by atoms with Crippen LogP contribution in [-0.4, -0.2) is 25.6 Å². The second kappa shape index (κ2) is 4.94. The first-order chi connectivity index (χ1) is 8.47. The van der Waals surface area contributed by atoms with Crippen molar-refractivity contribution in [1.29, 1.82) is 0 Å². The van der Waals surface area contributed by atoms with Crippen LogP contribution in [0.1, 0.15) is 22.5 Å². The van der Waals surface area contributed by atoms with Crippen molar-refractivity contribution in [3.63, 3.8) is 0 Å². The number of nitrogens with zero attached hydrogens (tertiary/aromatic N) is 4. The van der Waals surface area contributed by atoms with Gasteiger partial charge in [-0.25, -0.2) is 0 Å². The smallest absolute Gasteiger partial charge is 0.0628 e. The molecule has 1 unspecified atom stereocenters. The van der Waals surface area contributed by atoms with Crippen LogP contribution in [0.5, 0.6) is 0 Å². The molecule has 0 spiro atoms. The molecule has 0 bridgehead atoms.